The van der Waals surface area contributed by atoms with Crippen LogP contribution in [0.25, 0.3) is 0 Å². The molecular formula is C27H34ClN7O3. The molecule has 1 aliphatic heterocycles. The van der Waals surface area contributed by atoms with Crippen LogP contribution in [-0.2, 0) is 23.1 Å². The second-order valence-electron chi connectivity index (χ2n) is 9.79. The molecule has 4 rings (SSSR count). The van der Waals surface area contributed by atoms with E-state index in [-0.39, 0.29) is 24.3 Å². The number of rotatable bonds is 9. The monoisotopic (exact) mass is 539 g/mol. The van der Waals surface area contributed by atoms with Gasteiger partial charge in [-0.25, -0.2) is 9.97 Å². The number of aromatic nitrogens is 3. The van der Waals surface area contributed by atoms with E-state index in [9.17, 15) is 14.7 Å². The van der Waals surface area contributed by atoms with Gasteiger partial charge in [0.2, 0.25) is 11.9 Å². The second-order valence-corrected chi connectivity index (χ2v) is 10.2. The first-order chi connectivity index (χ1) is 18.0. The number of anilines is 2. The van der Waals surface area contributed by atoms with Crippen molar-refractivity contribution in [2.24, 2.45) is 13.0 Å². The molecule has 202 valence electrons. The summed E-state index contributed by atoms with van der Waals surface area (Å²) in [7, 11) is 3.39. The van der Waals surface area contributed by atoms with E-state index >= 15 is 0 Å². The maximum absolute atomic E-state index is 13.8. The molecule has 3 aromatic rings. The quantitative estimate of drug-likeness (QED) is 0.281. The molecular weight excluding hydrogens is 506 g/mol. The number of likely N-dealkylation sites (tertiary alicyclic amines) is 1. The molecule has 4 N–H and O–H groups in total. The van der Waals surface area contributed by atoms with Crippen LogP contribution in [0.1, 0.15) is 41.8 Å². The summed E-state index contributed by atoms with van der Waals surface area (Å²) < 4.78 is 1.72. The van der Waals surface area contributed by atoms with Crippen molar-refractivity contribution in [3.63, 3.8) is 0 Å². The molecule has 1 aliphatic rings. The molecule has 0 radical (unpaired) electrons. The molecule has 11 heteroatoms. The number of nitrogens with two attached hydrogens (primary N) is 1. The number of aliphatic hydroxyl groups excluding tert-OH is 1. The lowest BCUT2D eigenvalue weighted by molar-refractivity contribution is -0.183. The number of halogens is 1. The summed E-state index contributed by atoms with van der Waals surface area (Å²) in [6.45, 7) is 5.70. The fraction of sp³-hybridized carbons (Fsp3) is 0.407. The van der Waals surface area contributed by atoms with Crippen molar-refractivity contribution in [1.82, 2.24) is 24.8 Å². The van der Waals surface area contributed by atoms with Crippen molar-refractivity contribution in [1.29, 1.82) is 0 Å². The predicted octanol–water partition coefficient (Wildman–Crippen LogP) is 2.72. The summed E-state index contributed by atoms with van der Waals surface area (Å²) in [6, 6.07) is 8.04. The van der Waals surface area contributed by atoms with Gasteiger partial charge in [-0.05, 0) is 61.6 Å². The number of carbonyl (C=O) groups excluding carboxylic acids is 2. The number of nitrogens with zero attached hydrogens (tertiary/aromatic N) is 5. The molecule has 0 bridgehead atoms. The molecule has 38 heavy (non-hydrogen) atoms. The number of hydrogen-bond donors (Lipinski definition) is 3. The van der Waals surface area contributed by atoms with Crippen LogP contribution in [0.15, 0.2) is 42.7 Å². The Hall–Kier alpha value is -3.47. The van der Waals surface area contributed by atoms with Gasteiger partial charge in [0.05, 0.1) is 5.92 Å². The van der Waals surface area contributed by atoms with E-state index in [4.69, 9.17) is 17.3 Å². The summed E-state index contributed by atoms with van der Waals surface area (Å²) >= 11 is 6.33. The van der Waals surface area contributed by atoms with Crippen molar-refractivity contribution in [3.8, 4) is 0 Å². The van der Waals surface area contributed by atoms with Crippen LogP contribution in [0.2, 0.25) is 5.02 Å². The zero-order valence-electron chi connectivity index (χ0n) is 22.2. The minimum atomic E-state index is -1.39. The molecule has 0 aliphatic carbocycles. The molecule has 1 saturated heterocycles. The van der Waals surface area contributed by atoms with Gasteiger partial charge in [0.15, 0.2) is 6.35 Å². The Bertz CT molecular complexity index is 1320. The lowest BCUT2D eigenvalue weighted by Crippen LogP contribution is -2.72. The zero-order valence-corrected chi connectivity index (χ0v) is 23.0. The number of benzene rings is 1. The van der Waals surface area contributed by atoms with E-state index in [1.54, 1.807) is 37.1 Å². The highest BCUT2D eigenvalue weighted by molar-refractivity contribution is 6.31. The van der Waals surface area contributed by atoms with Crippen molar-refractivity contribution < 1.29 is 14.7 Å². The maximum Gasteiger partial charge on any atom is 0.252 e. The number of imidazole rings is 1. The predicted molar refractivity (Wildman–Crippen MR) is 146 cm³/mol. The topological polar surface area (TPSA) is 130 Å². The van der Waals surface area contributed by atoms with Crippen LogP contribution < -0.4 is 16.0 Å². The van der Waals surface area contributed by atoms with E-state index in [1.807, 2.05) is 45.0 Å². The number of nitrogens with one attached hydrogen (secondary N) is 1. The highest BCUT2D eigenvalue weighted by Gasteiger charge is 2.55. The lowest BCUT2D eigenvalue weighted by atomic mass is 9.81. The molecule has 0 spiro atoms. The first-order valence-corrected chi connectivity index (χ1v) is 12.9. The Balaban J connectivity index is 1.61. The van der Waals surface area contributed by atoms with Gasteiger partial charge >= 0.3 is 0 Å². The second kappa shape index (κ2) is 11.1. The number of aryl methyl sites for hydroxylation is 3. The van der Waals surface area contributed by atoms with Crippen molar-refractivity contribution in [2.45, 2.75) is 52.0 Å². The maximum atomic E-state index is 13.8. The minimum absolute atomic E-state index is 0.283. The minimum Gasteiger partial charge on any atom is -0.384 e. The summed E-state index contributed by atoms with van der Waals surface area (Å²) in [5.41, 5.74) is 9.27. The van der Waals surface area contributed by atoms with Crippen molar-refractivity contribution in [3.05, 3.63) is 70.1 Å². The molecule has 4 atom stereocenters. The normalized spacial score (nSPS) is 18.7. The highest BCUT2D eigenvalue weighted by atomic mass is 35.5. The first kappa shape index (κ1) is 27.6. The van der Waals surface area contributed by atoms with Crippen LogP contribution in [0.4, 0.5) is 11.8 Å². The Morgan fingerprint density at radius 1 is 1.29 bits per heavy atom. The van der Waals surface area contributed by atoms with Gasteiger partial charge in [-0.15, -0.1) is 0 Å². The number of hydrogen-bond acceptors (Lipinski definition) is 7. The van der Waals surface area contributed by atoms with Gasteiger partial charge < -0.3 is 15.4 Å². The summed E-state index contributed by atoms with van der Waals surface area (Å²) in [4.78, 5) is 38.3. The standard InChI is InChI=1S/C27H34ClN7O3/c1-6-21(18-8-7-15(2)20(28)14-18)32-27(38)35-23(25(37)34(5)26-30-9-10-33(26)4)19(24(35)36)12-17-11-16(3)31-22(29)13-17/h7-11,13-14,19,21,23,27,32,38H,6,12H2,1-5H3,(H2,29,31)/t19-,21-,23+,27?/m1/s1. The number of pyridine rings is 1. The van der Waals surface area contributed by atoms with Gasteiger partial charge in [-0.3, -0.25) is 24.7 Å². The van der Waals surface area contributed by atoms with Gasteiger partial charge in [0.25, 0.3) is 5.91 Å². The Kier molecular flexibility index (Phi) is 8.05. The number of likely N-dealkylation sites (N-methyl/N-ethyl adjacent to an activating group) is 1. The molecule has 1 fully saturated rings. The van der Waals surface area contributed by atoms with E-state index in [2.05, 4.69) is 15.3 Å². The zero-order chi connectivity index (χ0) is 27.7. The molecule has 1 aromatic carbocycles. The van der Waals surface area contributed by atoms with Crippen LogP contribution in [-0.4, -0.2) is 55.8 Å². The van der Waals surface area contributed by atoms with Crippen LogP contribution in [0.3, 0.4) is 0 Å². The molecule has 2 aromatic heterocycles. The summed E-state index contributed by atoms with van der Waals surface area (Å²) in [6.07, 6.45) is 2.85. The van der Waals surface area contributed by atoms with E-state index < -0.39 is 18.3 Å². The van der Waals surface area contributed by atoms with Crippen LogP contribution in [0.5, 0.6) is 0 Å². The third kappa shape index (κ3) is 5.38. The average molecular weight is 540 g/mol. The Morgan fingerprint density at radius 3 is 2.63 bits per heavy atom. The SMILES string of the molecule is CC[C@@H](NC(O)N1C(=O)[C@H](Cc2cc(C)nc(N)c2)[C@H]1C(=O)N(C)c1nccn1C)c1ccc(C)c(Cl)c1. The van der Waals surface area contributed by atoms with Gasteiger partial charge in [-0.1, -0.05) is 30.7 Å². The number of β-lactam (4-membered cyclic amide) rings is 1. The number of carbonyl (C=O) groups is 2. The molecule has 10 nitrogen and oxygen atoms in total. The van der Waals surface area contributed by atoms with Crippen LogP contribution >= 0.6 is 11.6 Å². The largest absolute Gasteiger partial charge is 0.384 e. The van der Waals surface area contributed by atoms with Gasteiger partial charge in [-0.2, -0.15) is 0 Å². The Morgan fingerprint density at radius 2 is 2.03 bits per heavy atom. The first-order valence-electron chi connectivity index (χ1n) is 12.5. The molecule has 1 unspecified atom stereocenters. The number of aliphatic hydroxyl groups is 1. The number of nitrogen functional groups attached to an aromatic ring is 1. The third-order valence-corrected chi connectivity index (χ3v) is 7.45. The molecule has 0 saturated carbocycles. The van der Waals surface area contributed by atoms with Crippen molar-refractivity contribution >= 4 is 35.2 Å². The van der Waals surface area contributed by atoms with Crippen LogP contribution in [0, 0.1) is 19.8 Å². The summed E-state index contributed by atoms with van der Waals surface area (Å²) in [5, 5.41) is 15.0. The van der Waals surface area contributed by atoms with E-state index in [1.165, 1.54) is 9.80 Å². The Labute approximate surface area is 227 Å². The highest BCUT2D eigenvalue weighted by Crippen LogP contribution is 2.34. The third-order valence-electron chi connectivity index (χ3n) is 7.04. The fourth-order valence-electron chi connectivity index (χ4n) is 4.99. The van der Waals surface area contributed by atoms with E-state index in [0.717, 1.165) is 22.4 Å². The lowest BCUT2D eigenvalue weighted by Gasteiger charge is -2.49. The average Bonchev–Trinajstić information content (AvgIpc) is 3.30. The molecule has 2 amide bonds. The summed E-state index contributed by atoms with van der Waals surface area (Å²) in [5.74, 6) is -0.589. The van der Waals surface area contributed by atoms with Gasteiger partial charge in [0, 0.05) is 43.2 Å². The fourth-order valence-corrected chi connectivity index (χ4v) is 5.18. The van der Waals surface area contributed by atoms with Crippen molar-refractivity contribution in [2.75, 3.05) is 17.7 Å². The van der Waals surface area contributed by atoms with Gasteiger partial charge in [0.1, 0.15) is 11.9 Å². The molecule has 3 heterocycles. The van der Waals surface area contributed by atoms with E-state index in [0.29, 0.717) is 23.2 Å². The smallest absolute Gasteiger partial charge is 0.252 e. The number of amides is 2.